The standard InChI is InChI=1S/C64H65BN2OS/c1-38-30-45(63(9,10)11)31-39(2)58(38)67-53-37-46(64(12,13)14)36-52-57(53)65(60-59(67)48-35-44(62(6,7)8)26-29-56(48)69-60)49-27-24-42(55-33-41-22-18-19-23-54(41)68-55)32-51(49)66(52)50-28-25-43(61(3,4)5)34-47(50)40-20-16-15-17-21-40/h15-37H,1-14H3. The Labute approximate surface area is 414 Å². The summed E-state index contributed by atoms with van der Waals surface area (Å²) in [6, 6.07) is 53.2. The second-order valence-electron chi connectivity index (χ2n) is 24.0. The number of hydrogen-bond acceptors (Lipinski definition) is 4. The van der Waals surface area contributed by atoms with Crippen molar-refractivity contribution in [3.63, 3.8) is 0 Å². The quantitative estimate of drug-likeness (QED) is 0.164. The molecule has 0 fully saturated rings. The van der Waals surface area contributed by atoms with Crippen molar-refractivity contribution in [2.75, 3.05) is 9.80 Å². The summed E-state index contributed by atoms with van der Waals surface area (Å²) in [5.41, 5.74) is 22.1. The molecule has 4 heterocycles. The molecular weight excluding hydrogens is 856 g/mol. The largest absolute Gasteiger partial charge is 0.456 e. The minimum absolute atomic E-state index is 0.0125. The summed E-state index contributed by atoms with van der Waals surface area (Å²) in [7, 11) is 0. The Balaban J connectivity index is 1.30. The average molecular weight is 921 g/mol. The van der Waals surface area contributed by atoms with Gasteiger partial charge in [0.15, 0.2) is 0 Å². The molecule has 5 heteroatoms. The summed E-state index contributed by atoms with van der Waals surface area (Å²) < 4.78 is 9.38. The molecule has 0 saturated heterocycles. The minimum atomic E-state index is -0.163. The first-order valence-corrected chi connectivity index (χ1v) is 25.7. The number of rotatable bonds is 4. The van der Waals surface area contributed by atoms with E-state index in [1.54, 1.807) is 0 Å². The summed E-state index contributed by atoms with van der Waals surface area (Å²) in [4.78, 5) is 5.33. The Morgan fingerprint density at radius 3 is 1.71 bits per heavy atom. The van der Waals surface area contributed by atoms with Crippen LogP contribution >= 0.6 is 11.3 Å². The predicted molar refractivity (Wildman–Crippen MR) is 301 cm³/mol. The maximum atomic E-state index is 6.68. The van der Waals surface area contributed by atoms with Gasteiger partial charge in [0.2, 0.25) is 0 Å². The molecule has 0 aliphatic carbocycles. The van der Waals surface area contributed by atoms with Crippen LogP contribution in [-0.4, -0.2) is 6.71 Å². The van der Waals surface area contributed by atoms with Crippen LogP contribution in [0.4, 0.5) is 34.1 Å². The Bertz CT molecular complexity index is 3470. The SMILES string of the molecule is Cc1cc(C(C)(C)C)cc(C)c1N1c2cc(C(C)(C)C)cc3c2B(c2ccc(-c4cc5ccccc5o4)cc2N3c2ccc(C(C)(C)C)cc2-c2ccccc2)c2sc3ccc(C(C)(C)C)cc3c21. The first-order chi connectivity index (χ1) is 32.6. The maximum Gasteiger partial charge on any atom is 0.264 e. The molecule has 2 aliphatic heterocycles. The zero-order chi connectivity index (χ0) is 48.7. The van der Waals surface area contributed by atoms with Crippen molar-refractivity contribution in [1.82, 2.24) is 0 Å². The van der Waals surface area contributed by atoms with Crippen molar-refractivity contribution < 1.29 is 4.42 Å². The molecule has 0 amide bonds. The molecule has 0 spiro atoms. The fourth-order valence-corrected chi connectivity index (χ4v) is 12.2. The van der Waals surface area contributed by atoms with E-state index in [0.717, 1.165) is 28.0 Å². The van der Waals surface area contributed by atoms with Gasteiger partial charge < -0.3 is 14.2 Å². The summed E-state index contributed by atoms with van der Waals surface area (Å²) >= 11 is 1.98. The first kappa shape index (κ1) is 45.2. The molecule has 0 saturated carbocycles. The van der Waals surface area contributed by atoms with Gasteiger partial charge in [0, 0.05) is 48.4 Å². The molecule has 0 N–H and O–H groups in total. The molecule has 7 aromatic carbocycles. The highest BCUT2D eigenvalue weighted by Crippen LogP contribution is 2.53. The maximum absolute atomic E-state index is 6.68. The van der Waals surface area contributed by atoms with Gasteiger partial charge in [-0.15, -0.1) is 11.3 Å². The molecule has 9 aromatic rings. The number of benzene rings is 7. The number of para-hydroxylation sites is 1. The number of aryl methyl sites for hydroxylation is 2. The predicted octanol–water partition coefficient (Wildman–Crippen LogP) is 16.9. The van der Waals surface area contributed by atoms with E-state index in [1.165, 1.54) is 98.7 Å². The van der Waals surface area contributed by atoms with Gasteiger partial charge in [-0.2, -0.15) is 0 Å². The summed E-state index contributed by atoms with van der Waals surface area (Å²) in [5, 5.41) is 2.43. The lowest BCUT2D eigenvalue weighted by molar-refractivity contribution is 0.589. The lowest BCUT2D eigenvalue weighted by Gasteiger charge is -2.45. The second kappa shape index (κ2) is 15.6. The highest BCUT2D eigenvalue weighted by atomic mass is 32.1. The number of furan rings is 1. The molecule has 11 rings (SSSR count). The molecule has 0 atom stereocenters. The van der Waals surface area contributed by atoms with Crippen LogP contribution in [0.5, 0.6) is 0 Å². The molecule has 0 radical (unpaired) electrons. The fourth-order valence-electron chi connectivity index (χ4n) is 10.9. The van der Waals surface area contributed by atoms with Crippen molar-refractivity contribution in [3.8, 4) is 22.5 Å². The van der Waals surface area contributed by atoms with E-state index in [9.17, 15) is 0 Å². The molecule has 0 bridgehead atoms. The number of hydrogen-bond donors (Lipinski definition) is 0. The topological polar surface area (TPSA) is 19.6 Å². The Hall–Kier alpha value is -6.30. The molecule has 69 heavy (non-hydrogen) atoms. The highest BCUT2D eigenvalue weighted by molar-refractivity contribution is 7.33. The van der Waals surface area contributed by atoms with Gasteiger partial charge in [-0.1, -0.05) is 168 Å². The van der Waals surface area contributed by atoms with E-state index in [-0.39, 0.29) is 28.4 Å². The Morgan fingerprint density at radius 1 is 0.464 bits per heavy atom. The molecule has 3 nitrogen and oxygen atoms in total. The van der Waals surface area contributed by atoms with Crippen LogP contribution in [-0.2, 0) is 21.7 Å². The van der Waals surface area contributed by atoms with E-state index in [2.05, 4.69) is 246 Å². The van der Waals surface area contributed by atoms with Crippen molar-refractivity contribution in [2.24, 2.45) is 0 Å². The number of nitrogens with zero attached hydrogens (tertiary/aromatic N) is 2. The smallest absolute Gasteiger partial charge is 0.264 e. The lowest BCUT2D eigenvalue weighted by Crippen LogP contribution is -2.60. The first-order valence-electron chi connectivity index (χ1n) is 24.9. The third kappa shape index (κ3) is 7.46. The van der Waals surface area contributed by atoms with Crippen LogP contribution in [0.3, 0.4) is 0 Å². The van der Waals surface area contributed by atoms with Gasteiger partial charge in [-0.05, 0) is 140 Å². The fraction of sp³-hybridized carbons (Fsp3) is 0.281. The van der Waals surface area contributed by atoms with Gasteiger partial charge in [-0.3, -0.25) is 0 Å². The van der Waals surface area contributed by atoms with Gasteiger partial charge in [0.1, 0.15) is 11.3 Å². The van der Waals surface area contributed by atoms with Crippen molar-refractivity contribution in [3.05, 3.63) is 173 Å². The third-order valence-electron chi connectivity index (χ3n) is 14.9. The van der Waals surface area contributed by atoms with Crippen LogP contribution in [0.2, 0.25) is 0 Å². The molecule has 346 valence electrons. The van der Waals surface area contributed by atoms with Crippen molar-refractivity contribution in [1.29, 1.82) is 0 Å². The lowest BCUT2D eigenvalue weighted by atomic mass is 9.36. The van der Waals surface area contributed by atoms with Crippen LogP contribution in [0, 0.1) is 13.8 Å². The normalized spacial score (nSPS) is 13.9. The third-order valence-corrected chi connectivity index (χ3v) is 16.1. The molecule has 0 unspecified atom stereocenters. The van der Waals surface area contributed by atoms with E-state index in [4.69, 9.17) is 4.42 Å². The van der Waals surface area contributed by atoms with Crippen LogP contribution < -0.4 is 25.5 Å². The Kier molecular flexibility index (Phi) is 10.2. The minimum Gasteiger partial charge on any atom is -0.456 e. The average Bonchev–Trinajstić information content (AvgIpc) is 3.90. The number of fused-ring (bicyclic) bond motifs is 7. The van der Waals surface area contributed by atoms with Crippen LogP contribution in [0.1, 0.15) is 116 Å². The molecule has 2 aliphatic rings. The summed E-state index contributed by atoms with van der Waals surface area (Å²) in [5.74, 6) is 0.872. The van der Waals surface area contributed by atoms with Gasteiger partial charge >= 0.3 is 0 Å². The van der Waals surface area contributed by atoms with Gasteiger partial charge in [0.05, 0.1) is 17.1 Å². The second-order valence-corrected chi connectivity index (χ2v) is 25.1. The zero-order valence-electron chi connectivity index (χ0n) is 43.1. The van der Waals surface area contributed by atoms with Crippen molar-refractivity contribution >= 4 is 88.9 Å². The van der Waals surface area contributed by atoms with E-state index < -0.39 is 0 Å². The summed E-state index contributed by atoms with van der Waals surface area (Å²) in [6.45, 7) is 32.7. The van der Waals surface area contributed by atoms with Gasteiger partial charge in [0.25, 0.3) is 6.71 Å². The van der Waals surface area contributed by atoms with Crippen LogP contribution in [0.25, 0.3) is 43.5 Å². The Morgan fingerprint density at radius 2 is 1.06 bits per heavy atom. The van der Waals surface area contributed by atoms with E-state index in [0.29, 0.717) is 0 Å². The van der Waals surface area contributed by atoms with E-state index >= 15 is 0 Å². The highest BCUT2D eigenvalue weighted by Gasteiger charge is 2.47. The van der Waals surface area contributed by atoms with Crippen molar-refractivity contribution in [2.45, 2.75) is 119 Å². The van der Waals surface area contributed by atoms with Crippen LogP contribution in [0.15, 0.2) is 144 Å². The number of thiophene rings is 1. The van der Waals surface area contributed by atoms with Gasteiger partial charge in [-0.25, -0.2) is 0 Å². The molecular formula is C64H65BN2OS. The molecule has 2 aromatic heterocycles. The number of anilines is 6. The van der Waals surface area contributed by atoms with E-state index in [1.807, 2.05) is 11.3 Å². The zero-order valence-corrected chi connectivity index (χ0v) is 43.9. The monoisotopic (exact) mass is 920 g/mol. The summed E-state index contributed by atoms with van der Waals surface area (Å²) in [6.07, 6.45) is 0.